The lowest BCUT2D eigenvalue weighted by atomic mass is 9.94. The number of rotatable bonds is 7. The maximum Gasteiger partial charge on any atom is 0.185 e. The summed E-state index contributed by atoms with van der Waals surface area (Å²) in [5, 5.41) is 0.730. The minimum absolute atomic E-state index is 0.210. The van der Waals surface area contributed by atoms with E-state index in [1.807, 2.05) is 6.07 Å². The van der Waals surface area contributed by atoms with Gasteiger partial charge in [-0.15, -0.1) is 0 Å². The highest BCUT2D eigenvalue weighted by atomic mass is 35.5. The molecule has 1 aliphatic rings. The van der Waals surface area contributed by atoms with Gasteiger partial charge in [0.1, 0.15) is 17.2 Å². The molecule has 2 aromatic carbocycles. The minimum atomic E-state index is -0.210. The average molecular weight is 462 g/mol. The predicted octanol–water partition coefficient (Wildman–Crippen LogP) is 5.63. The van der Waals surface area contributed by atoms with E-state index in [2.05, 4.69) is 18.0 Å². The summed E-state index contributed by atoms with van der Waals surface area (Å²) in [6.07, 6.45) is 6.20. The number of ketones is 1. The van der Waals surface area contributed by atoms with E-state index in [0.717, 1.165) is 30.6 Å². The molecule has 0 radical (unpaired) electrons. The summed E-state index contributed by atoms with van der Waals surface area (Å²) in [6.45, 7) is 1.78. The van der Waals surface area contributed by atoms with Crippen LogP contribution in [0.5, 0.6) is 17.2 Å². The van der Waals surface area contributed by atoms with Crippen molar-refractivity contribution in [3.8, 4) is 17.2 Å². The van der Waals surface area contributed by atoms with Gasteiger partial charge in [0, 0.05) is 24.7 Å². The van der Waals surface area contributed by atoms with Crippen molar-refractivity contribution in [2.75, 3.05) is 41.5 Å². The standard InChI is InChI=1S/C24H25Cl2NO4/c1-27-11-9-15(10-12-27)23-22(30-3)14-21(29-2)17(24(23)31-4)6-8-20(28)16-5-7-18(25)19(26)13-16/h5-9,13-14H,10-12H2,1-4H3/b8-6+. The molecule has 0 spiro atoms. The molecule has 0 amide bonds. The monoisotopic (exact) mass is 461 g/mol. The van der Waals surface area contributed by atoms with Crippen molar-refractivity contribution in [3.05, 3.63) is 63.2 Å². The van der Waals surface area contributed by atoms with Crippen LogP contribution < -0.4 is 14.2 Å². The predicted molar refractivity (Wildman–Crippen MR) is 126 cm³/mol. The molecule has 1 aliphatic heterocycles. The van der Waals surface area contributed by atoms with Crippen LogP contribution >= 0.6 is 23.2 Å². The number of hydrogen-bond donors (Lipinski definition) is 0. The maximum absolute atomic E-state index is 12.7. The van der Waals surface area contributed by atoms with Crippen molar-refractivity contribution in [2.45, 2.75) is 6.42 Å². The summed E-state index contributed by atoms with van der Waals surface area (Å²) in [6, 6.07) is 6.61. The van der Waals surface area contributed by atoms with Crippen molar-refractivity contribution in [3.63, 3.8) is 0 Å². The summed E-state index contributed by atoms with van der Waals surface area (Å²) in [5.41, 5.74) is 3.12. The van der Waals surface area contributed by atoms with Gasteiger partial charge in [-0.2, -0.15) is 0 Å². The Morgan fingerprint density at radius 3 is 2.35 bits per heavy atom. The largest absolute Gasteiger partial charge is 0.496 e. The van der Waals surface area contributed by atoms with Crippen molar-refractivity contribution in [2.24, 2.45) is 0 Å². The van der Waals surface area contributed by atoms with Gasteiger partial charge in [-0.05, 0) is 49.4 Å². The van der Waals surface area contributed by atoms with E-state index in [1.165, 1.54) is 6.08 Å². The van der Waals surface area contributed by atoms with Crippen LogP contribution in [0.15, 0.2) is 36.4 Å². The molecular formula is C24H25Cl2NO4. The lowest BCUT2D eigenvalue weighted by Crippen LogP contribution is -2.24. The zero-order valence-electron chi connectivity index (χ0n) is 18.0. The third-order valence-electron chi connectivity index (χ3n) is 5.23. The van der Waals surface area contributed by atoms with Crippen LogP contribution in [-0.4, -0.2) is 52.1 Å². The van der Waals surface area contributed by atoms with E-state index >= 15 is 0 Å². The highest BCUT2D eigenvalue weighted by molar-refractivity contribution is 6.42. The quantitative estimate of drug-likeness (QED) is 0.394. The Balaban J connectivity index is 2.08. The van der Waals surface area contributed by atoms with Crippen LogP contribution in [0.1, 0.15) is 27.9 Å². The lowest BCUT2D eigenvalue weighted by molar-refractivity contribution is 0.104. The first-order valence-corrected chi connectivity index (χ1v) is 10.5. The smallest absolute Gasteiger partial charge is 0.185 e. The van der Waals surface area contributed by atoms with Gasteiger partial charge >= 0.3 is 0 Å². The number of nitrogens with zero attached hydrogens (tertiary/aromatic N) is 1. The van der Waals surface area contributed by atoms with Gasteiger partial charge in [-0.25, -0.2) is 0 Å². The third kappa shape index (κ3) is 5.06. The fraction of sp³-hybridized carbons (Fsp3) is 0.292. The molecule has 5 nitrogen and oxygen atoms in total. The van der Waals surface area contributed by atoms with E-state index in [0.29, 0.717) is 38.4 Å². The topological polar surface area (TPSA) is 48.0 Å². The fourth-order valence-corrected chi connectivity index (χ4v) is 3.83. The normalized spacial score (nSPS) is 14.5. The third-order valence-corrected chi connectivity index (χ3v) is 5.97. The average Bonchev–Trinajstić information content (AvgIpc) is 2.78. The summed E-state index contributed by atoms with van der Waals surface area (Å²) in [7, 11) is 6.88. The van der Waals surface area contributed by atoms with Gasteiger partial charge < -0.3 is 19.1 Å². The first kappa shape index (κ1) is 23.2. The summed E-state index contributed by atoms with van der Waals surface area (Å²) < 4.78 is 17.0. The van der Waals surface area contributed by atoms with Gasteiger partial charge in [-0.3, -0.25) is 4.79 Å². The molecule has 0 fully saturated rings. The Morgan fingerprint density at radius 1 is 1.03 bits per heavy atom. The number of methoxy groups -OCH3 is 3. The van der Waals surface area contributed by atoms with Crippen LogP contribution in [0.3, 0.4) is 0 Å². The molecule has 164 valence electrons. The second-order valence-corrected chi connectivity index (χ2v) is 7.99. The van der Waals surface area contributed by atoms with Gasteiger partial charge in [0.05, 0.1) is 42.5 Å². The van der Waals surface area contributed by atoms with Crippen molar-refractivity contribution in [1.82, 2.24) is 4.90 Å². The molecule has 2 aromatic rings. The van der Waals surface area contributed by atoms with E-state index < -0.39 is 0 Å². The van der Waals surface area contributed by atoms with Gasteiger partial charge in [0.15, 0.2) is 5.78 Å². The minimum Gasteiger partial charge on any atom is -0.496 e. The van der Waals surface area contributed by atoms with Crippen LogP contribution in [-0.2, 0) is 0 Å². The summed E-state index contributed by atoms with van der Waals surface area (Å²) in [5.74, 6) is 1.60. The molecule has 0 atom stereocenters. The zero-order chi connectivity index (χ0) is 22.5. The highest BCUT2D eigenvalue weighted by Gasteiger charge is 2.23. The number of carbonyl (C=O) groups excluding carboxylic acids is 1. The Kier molecular flexibility index (Phi) is 7.65. The van der Waals surface area contributed by atoms with Crippen LogP contribution in [0, 0.1) is 0 Å². The first-order chi connectivity index (χ1) is 14.9. The first-order valence-electron chi connectivity index (χ1n) is 9.78. The number of benzene rings is 2. The molecule has 7 heteroatoms. The fourth-order valence-electron chi connectivity index (χ4n) is 3.53. The van der Waals surface area contributed by atoms with Crippen LogP contribution in [0.2, 0.25) is 10.0 Å². The van der Waals surface area contributed by atoms with Gasteiger partial charge in [0.25, 0.3) is 0 Å². The van der Waals surface area contributed by atoms with Crippen LogP contribution in [0.4, 0.5) is 0 Å². The number of hydrogen-bond acceptors (Lipinski definition) is 5. The molecule has 0 unspecified atom stereocenters. The molecule has 0 saturated carbocycles. The second kappa shape index (κ2) is 10.2. The van der Waals surface area contributed by atoms with E-state index in [-0.39, 0.29) is 5.78 Å². The molecule has 0 bridgehead atoms. The second-order valence-electron chi connectivity index (χ2n) is 7.17. The van der Waals surface area contributed by atoms with Crippen molar-refractivity contribution >= 4 is 40.6 Å². The number of ether oxygens (including phenoxy) is 3. The molecule has 1 heterocycles. The zero-order valence-corrected chi connectivity index (χ0v) is 19.5. The van der Waals surface area contributed by atoms with Gasteiger partial charge in [-0.1, -0.05) is 29.3 Å². The Labute approximate surface area is 192 Å². The SMILES string of the molecule is COc1cc(OC)c(C2=CCN(C)CC2)c(OC)c1/C=C/C(=O)c1ccc(Cl)c(Cl)c1. The van der Waals surface area contributed by atoms with Crippen LogP contribution in [0.25, 0.3) is 11.6 Å². The highest BCUT2D eigenvalue weighted by Crippen LogP contribution is 2.45. The maximum atomic E-state index is 12.7. The number of carbonyl (C=O) groups is 1. The van der Waals surface area contributed by atoms with E-state index in [9.17, 15) is 4.79 Å². The Hall–Kier alpha value is -2.47. The summed E-state index contributed by atoms with van der Waals surface area (Å²) in [4.78, 5) is 15.0. The van der Waals surface area contributed by atoms with E-state index in [1.54, 1.807) is 45.6 Å². The molecule has 31 heavy (non-hydrogen) atoms. The number of allylic oxidation sites excluding steroid dienone is 1. The van der Waals surface area contributed by atoms with Gasteiger partial charge in [0.2, 0.25) is 0 Å². The molecular weight excluding hydrogens is 437 g/mol. The molecule has 0 N–H and O–H groups in total. The molecule has 0 aliphatic carbocycles. The molecule has 0 saturated heterocycles. The number of likely N-dealkylation sites (N-methyl/N-ethyl adjacent to an activating group) is 1. The molecule has 0 aromatic heterocycles. The van der Waals surface area contributed by atoms with E-state index in [4.69, 9.17) is 37.4 Å². The summed E-state index contributed by atoms with van der Waals surface area (Å²) >= 11 is 12.0. The Morgan fingerprint density at radius 2 is 1.77 bits per heavy atom. The van der Waals surface area contributed by atoms with Crippen molar-refractivity contribution < 1.29 is 19.0 Å². The molecule has 3 rings (SSSR count). The van der Waals surface area contributed by atoms with Crippen molar-refractivity contribution in [1.29, 1.82) is 0 Å². The lowest BCUT2D eigenvalue weighted by Gasteiger charge is -2.25. The Bertz CT molecular complexity index is 1050. The number of halogens is 2.